The van der Waals surface area contributed by atoms with Crippen LogP contribution in [0.1, 0.15) is 35.7 Å². The average Bonchev–Trinajstić information content (AvgIpc) is 3.54. The minimum absolute atomic E-state index is 0.191. The molecular formula is C26H28N10O. The molecule has 0 aliphatic carbocycles. The number of nitrogens with one attached hydrogen (secondary N) is 3. The molecule has 0 atom stereocenters. The Morgan fingerprint density at radius 2 is 1.95 bits per heavy atom. The van der Waals surface area contributed by atoms with Crippen molar-refractivity contribution in [3.05, 3.63) is 72.6 Å². The molecule has 0 bridgehead atoms. The predicted molar refractivity (Wildman–Crippen MR) is 144 cm³/mol. The lowest BCUT2D eigenvalue weighted by Crippen LogP contribution is -2.43. The van der Waals surface area contributed by atoms with Crippen molar-refractivity contribution in [2.45, 2.75) is 25.8 Å². The molecule has 11 heteroatoms. The van der Waals surface area contributed by atoms with Crippen LogP contribution < -0.4 is 15.6 Å². The summed E-state index contributed by atoms with van der Waals surface area (Å²) in [5.41, 5.74) is 3.74. The first-order chi connectivity index (χ1) is 18.1. The highest BCUT2D eigenvalue weighted by molar-refractivity contribution is 6.19. The van der Waals surface area contributed by atoms with E-state index in [1.807, 2.05) is 25.3 Å². The van der Waals surface area contributed by atoms with Gasteiger partial charge in [0.2, 0.25) is 0 Å². The van der Waals surface area contributed by atoms with Crippen LogP contribution in [0.2, 0.25) is 0 Å². The number of aromatic nitrogens is 5. The first kappa shape index (κ1) is 22.8. The van der Waals surface area contributed by atoms with Gasteiger partial charge in [0.15, 0.2) is 11.7 Å². The molecule has 2 aliphatic rings. The Morgan fingerprint density at radius 1 is 1.14 bits per heavy atom. The van der Waals surface area contributed by atoms with Crippen LogP contribution in [0.5, 0.6) is 0 Å². The molecule has 1 amide bonds. The van der Waals surface area contributed by atoms with Crippen molar-refractivity contribution < 1.29 is 4.79 Å². The Kier molecular flexibility index (Phi) is 5.79. The fourth-order valence-corrected chi connectivity index (χ4v) is 4.88. The van der Waals surface area contributed by atoms with Gasteiger partial charge >= 0.3 is 0 Å². The van der Waals surface area contributed by atoms with Crippen molar-refractivity contribution in [1.82, 2.24) is 29.6 Å². The number of anilines is 3. The molecule has 1 aromatic carbocycles. The number of H-pyrrole nitrogens is 1. The third-order valence-corrected chi connectivity index (χ3v) is 6.71. The van der Waals surface area contributed by atoms with Crippen LogP contribution in [-0.4, -0.2) is 60.5 Å². The van der Waals surface area contributed by atoms with Gasteiger partial charge in [-0.2, -0.15) is 10.2 Å². The molecule has 3 N–H and O–H groups in total. The van der Waals surface area contributed by atoms with Gasteiger partial charge in [0.25, 0.3) is 5.91 Å². The molecule has 5 heterocycles. The molecule has 37 heavy (non-hydrogen) atoms. The third kappa shape index (κ3) is 4.39. The smallest absolute Gasteiger partial charge is 0.255 e. The Labute approximate surface area is 213 Å². The van der Waals surface area contributed by atoms with Gasteiger partial charge in [0.05, 0.1) is 23.3 Å². The number of aromatic amines is 1. The van der Waals surface area contributed by atoms with E-state index in [4.69, 9.17) is 5.10 Å². The van der Waals surface area contributed by atoms with Gasteiger partial charge in [-0.15, -0.1) is 0 Å². The van der Waals surface area contributed by atoms with E-state index in [1.165, 1.54) is 0 Å². The fraction of sp³-hybridized carbons (Fsp3) is 0.269. The Hall–Kier alpha value is -4.67. The standard InChI is InChI=1S/C26H28N10O/c1-3-10-35-11-8-20(9-12-35)36-25-22-21(14-27-24(22)28-16-29-25)23(33-36)31-18-6-4-17(5-7-18)26(37)32-19-13-30-34(2)15-19/h3-7,10,13-16,20H,8-9,11-12H2,1-2H3,(H,31,33)(H,32,37)(H,27,28,29). The van der Waals surface area contributed by atoms with E-state index in [2.05, 4.69) is 52.9 Å². The van der Waals surface area contributed by atoms with Crippen molar-refractivity contribution in [1.29, 1.82) is 0 Å². The zero-order valence-corrected chi connectivity index (χ0v) is 20.7. The number of hydrogen-bond acceptors (Lipinski definition) is 8. The summed E-state index contributed by atoms with van der Waals surface area (Å²) in [5, 5.41) is 18.4. The first-order valence-electron chi connectivity index (χ1n) is 12.3. The number of hydrazone groups is 1. The predicted octanol–water partition coefficient (Wildman–Crippen LogP) is 3.54. The number of nitrogens with zero attached hydrogens (tertiary/aromatic N) is 7. The molecule has 1 saturated heterocycles. The molecule has 2 aliphatic heterocycles. The Bertz CT molecular complexity index is 1490. The number of carbonyl (C=O) groups excluding carboxylic acids is 1. The molecule has 0 unspecified atom stereocenters. The summed E-state index contributed by atoms with van der Waals surface area (Å²) in [4.78, 5) is 27.2. The summed E-state index contributed by atoms with van der Waals surface area (Å²) in [6.45, 7) is 3.99. The normalized spacial score (nSPS) is 15.9. The number of carbonyl (C=O) groups is 1. The summed E-state index contributed by atoms with van der Waals surface area (Å²) in [5.74, 6) is 1.36. The molecule has 1 fully saturated rings. The molecule has 4 aromatic rings. The van der Waals surface area contributed by atoms with E-state index in [0.29, 0.717) is 11.3 Å². The summed E-state index contributed by atoms with van der Waals surface area (Å²) >= 11 is 0. The largest absolute Gasteiger partial charge is 0.378 e. The van der Waals surface area contributed by atoms with Gasteiger partial charge in [-0.25, -0.2) is 15.0 Å². The third-order valence-electron chi connectivity index (χ3n) is 6.71. The monoisotopic (exact) mass is 496 g/mol. The lowest BCUT2D eigenvalue weighted by Gasteiger charge is -2.37. The summed E-state index contributed by atoms with van der Waals surface area (Å²) in [7, 11) is 1.81. The van der Waals surface area contributed by atoms with Gasteiger partial charge in [-0.05, 0) is 50.2 Å². The molecule has 11 nitrogen and oxygen atoms in total. The molecular weight excluding hydrogens is 468 g/mol. The van der Waals surface area contributed by atoms with Crippen LogP contribution in [0, 0.1) is 0 Å². The zero-order chi connectivity index (χ0) is 25.4. The van der Waals surface area contributed by atoms with Gasteiger partial charge < -0.3 is 20.5 Å². The number of piperidine rings is 1. The summed E-state index contributed by atoms with van der Waals surface area (Å²) in [6, 6.07) is 7.56. The van der Waals surface area contributed by atoms with Crippen molar-refractivity contribution in [3.63, 3.8) is 0 Å². The maximum atomic E-state index is 12.6. The van der Waals surface area contributed by atoms with E-state index >= 15 is 0 Å². The molecule has 0 saturated carbocycles. The van der Waals surface area contributed by atoms with Crippen LogP contribution in [-0.2, 0) is 7.05 Å². The van der Waals surface area contributed by atoms with Gasteiger partial charge in [0.1, 0.15) is 12.0 Å². The van der Waals surface area contributed by atoms with Crippen LogP contribution >= 0.6 is 0 Å². The van der Waals surface area contributed by atoms with E-state index in [9.17, 15) is 4.79 Å². The van der Waals surface area contributed by atoms with E-state index in [1.54, 1.807) is 42.6 Å². The van der Waals surface area contributed by atoms with Crippen LogP contribution in [0.15, 0.2) is 66.6 Å². The molecule has 0 radical (unpaired) electrons. The second-order valence-corrected chi connectivity index (χ2v) is 9.23. The SMILES string of the molecule is CC=CN1CCC(N2N=C(Nc3ccc(C(=O)Nc4cnn(C)c4)cc3)c3c[nH]c4ncnc2c34)CC1. The number of amides is 1. The lowest BCUT2D eigenvalue weighted by atomic mass is 10.0. The Balaban J connectivity index is 1.24. The minimum Gasteiger partial charge on any atom is -0.378 e. The number of benzene rings is 1. The highest BCUT2D eigenvalue weighted by Gasteiger charge is 2.31. The molecule has 3 aromatic heterocycles. The number of likely N-dealkylation sites (tertiary alicyclic amines) is 1. The van der Waals surface area contributed by atoms with Gasteiger partial charge in [0, 0.05) is 49.3 Å². The molecule has 6 rings (SSSR count). The van der Waals surface area contributed by atoms with Crippen LogP contribution in [0.4, 0.5) is 17.2 Å². The molecule has 0 spiro atoms. The number of aryl methyl sites for hydroxylation is 1. The van der Waals surface area contributed by atoms with Crippen molar-refractivity contribution in [2.75, 3.05) is 28.7 Å². The second-order valence-electron chi connectivity index (χ2n) is 9.23. The fourth-order valence-electron chi connectivity index (χ4n) is 4.88. The molecule has 188 valence electrons. The van der Waals surface area contributed by atoms with E-state index in [0.717, 1.165) is 59.9 Å². The van der Waals surface area contributed by atoms with Crippen LogP contribution in [0.25, 0.3) is 11.0 Å². The van der Waals surface area contributed by atoms with E-state index in [-0.39, 0.29) is 11.9 Å². The highest BCUT2D eigenvalue weighted by atomic mass is 16.1. The van der Waals surface area contributed by atoms with Crippen molar-refractivity contribution in [3.8, 4) is 0 Å². The number of hydrogen-bond donors (Lipinski definition) is 3. The second kappa shape index (κ2) is 9.41. The van der Waals surface area contributed by atoms with Crippen molar-refractivity contribution in [2.24, 2.45) is 12.1 Å². The maximum absolute atomic E-state index is 12.6. The average molecular weight is 497 g/mol. The highest BCUT2D eigenvalue weighted by Crippen LogP contribution is 2.35. The van der Waals surface area contributed by atoms with Gasteiger partial charge in [-0.1, -0.05) is 6.08 Å². The lowest BCUT2D eigenvalue weighted by molar-refractivity contribution is 0.102. The minimum atomic E-state index is -0.191. The maximum Gasteiger partial charge on any atom is 0.255 e. The quantitative estimate of drug-likeness (QED) is 0.387. The number of allylic oxidation sites excluding steroid dienone is 1. The number of rotatable bonds is 5. The van der Waals surface area contributed by atoms with E-state index < -0.39 is 0 Å². The van der Waals surface area contributed by atoms with Gasteiger partial charge in [-0.3, -0.25) is 9.48 Å². The zero-order valence-electron chi connectivity index (χ0n) is 20.7. The Morgan fingerprint density at radius 3 is 2.68 bits per heavy atom. The summed E-state index contributed by atoms with van der Waals surface area (Å²) < 4.78 is 1.64. The van der Waals surface area contributed by atoms with Crippen molar-refractivity contribution >= 4 is 40.0 Å². The van der Waals surface area contributed by atoms with Crippen LogP contribution in [0.3, 0.4) is 0 Å². The number of amidine groups is 1. The summed E-state index contributed by atoms with van der Waals surface area (Å²) in [6.07, 6.45) is 13.1. The first-order valence-corrected chi connectivity index (χ1v) is 12.3. The topological polar surface area (TPSA) is 119 Å².